The molecule has 22 heavy (non-hydrogen) atoms. The maximum Gasteiger partial charge on any atom is 0.262 e. The van der Waals surface area contributed by atoms with Crippen LogP contribution in [0, 0.1) is 0 Å². The van der Waals surface area contributed by atoms with E-state index < -0.39 is 0 Å². The normalized spacial score (nSPS) is 12.8. The van der Waals surface area contributed by atoms with Crippen molar-refractivity contribution < 1.29 is 14.3 Å². The number of anilines is 1. The number of nitrogens with one attached hydrogen (secondary N) is 2. The summed E-state index contributed by atoms with van der Waals surface area (Å²) in [7, 11) is 0. The molecule has 0 radical (unpaired) electrons. The lowest BCUT2D eigenvalue weighted by molar-refractivity contribution is -0.120. The van der Waals surface area contributed by atoms with E-state index in [1.807, 2.05) is 42.5 Å². The molecule has 2 N–H and O–H groups in total. The lowest BCUT2D eigenvalue weighted by Gasteiger charge is -2.18. The molecule has 0 aromatic heterocycles. The van der Waals surface area contributed by atoms with Gasteiger partial charge in [0.05, 0.1) is 12.1 Å². The first-order valence-electron chi connectivity index (χ1n) is 7.07. The Kier molecular flexibility index (Phi) is 4.05. The van der Waals surface area contributed by atoms with Gasteiger partial charge < -0.3 is 15.4 Å². The van der Waals surface area contributed by atoms with Crippen molar-refractivity contribution >= 4 is 17.5 Å². The highest BCUT2D eigenvalue weighted by atomic mass is 16.5. The van der Waals surface area contributed by atoms with E-state index in [0.29, 0.717) is 24.4 Å². The summed E-state index contributed by atoms with van der Waals surface area (Å²) in [5, 5.41) is 5.61. The van der Waals surface area contributed by atoms with Crippen LogP contribution in [0.1, 0.15) is 11.1 Å². The van der Waals surface area contributed by atoms with Gasteiger partial charge in [-0.05, 0) is 23.3 Å². The Balaban J connectivity index is 1.57. The van der Waals surface area contributed by atoms with E-state index in [-0.39, 0.29) is 18.4 Å². The highest BCUT2D eigenvalue weighted by Gasteiger charge is 2.15. The predicted molar refractivity (Wildman–Crippen MR) is 82.6 cm³/mol. The number of carbonyl (C=O) groups is 2. The summed E-state index contributed by atoms with van der Waals surface area (Å²) < 4.78 is 5.35. The van der Waals surface area contributed by atoms with Crippen molar-refractivity contribution in [1.82, 2.24) is 5.32 Å². The van der Waals surface area contributed by atoms with Crippen molar-refractivity contribution in [2.75, 3.05) is 11.9 Å². The van der Waals surface area contributed by atoms with E-state index in [1.165, 1.54) is 0 Å². The van der Waals surface area contributed by atoms with Gasteiger partial charge in [0.2, 0.25) is 5.91 Å². The quantitative estimate of drug-likeness (QED) is 0.905. The van der Waals surface area contributed by atoms with Crippen LogP contribution in [0.2, 0.25) is 0 Å². The standard InChI is InChI=1S/C17H16N2O3/c20-16(9-12-4-2-1-3-5-12)18-10-13-6-7-14-15(8-13)22-11-17(21)19-14/h1-8H,9-11H2,(H,18,20)(H,19,21). The fourth-order valence-electron chi connectivity index (χ4n) is 2.27. The van der Waals surface area contributed by atoms with Gasteiger partial charge >= 0.3 is 0 Å². The third-order valence-electron chi connectivity index (χ3n) is 3.38. The largest absolute Gasteiger partial charge is 0.482 e. The van der Waals surface area contributed by atoms with Crippen molar-refractivity contribution in [3.63, 3.8) is 0 Å². The molecule has 2 aromatic rings. The molecule has 0 atom stereocenters. The summed E-state index contributed by atoms with van der Waals surface area (Å²) >= 11 is 0. The first kappa shape index (κ1) is 14.1. The van der Waals surface area contributed by atoms with Crippen LogP contribution in [0.4, 0.5) is 5.69 Å². The Labute approximate surface area is 128 Å². The molecular weight excluding hydrogens is 280 g/mol. The van der Waals surface area contributed by atoms with E-state index in [1.54, 1.807) is 6.07 Å². The third kappa shape index (κ3) is 3.44. The summed E-state index contributed by atoms with van der Waals surface area (Å²) in [6.45, 7) is 0.451. The van der Waals surface area contributed by atoms with Crippen molar-refractivity contribution in [2.45, 2.75) is 13.0 Å². The zero-order valence-electron chi connectivity index (χ0n) is 12.0. The maximum atomic E-state index is 11.9. The highest BCUT2D eigenvalue weighted by Crippen LogP contribution is 2.28. The molecule has 0 saturated carbocycles. The Hall–Kier alpha value is -2.82. The van der Waals surface area contributed by atoms with Gasteiger partial charge in [-0.25, -0.2) is 0 Å². The molecule has 2 amide bonds. The average molecular weight is 296 g/mol. The van der Waals surface area contributed by atoms with Crippen LogP contribution in [0.3, 0.4) is 0 Å². The minimum absolute atomic E-state index is 0.0246. The zero-order valence-corrected chi connectivity index (χ0v) is 12.0. The van der Waals surface area contributed by atoms with Gasteiger partial charge in [-0.2, -0.15) is 0 Å². The number of carbonyl (C=O) groups excluding carboxylic acids is 2. The van der Waals surface area contributed by atoms with E-state index in [0.717, 1.165) is 11.1 Å². The molecular formula is C17H16N2O3. The Morgan fingerprint density at radius 2 is 1.95 bits per heavy atom. The van der Waals surface area contributed by atoms with Gasteiger partial charge in [0.15, 0.2) is 6.61 Å². The number of benzene rings is 2. The highest BCUT2D eigenvalue weighted by molar-refractivity contribution is 5.95. The minimum Gasteiger partial charge on any atom is -0.482 e. The molecule has 1 heterocycles. The molecule has 1 aliphatic rings. The molecule has 112 valence electrons. The van der Waals surface area contributed by atoms with Crippen molar-refractivity contribution in [3.8, 4) is 5.75 Å². The lowest BCUT2D eigenvalue weighted by Crippen LogP contribution is -2.26. The van der Waals surface area contributed by atoms with Gasteiger partial charge in [-0.1, -0.05) is 36.4 Å². The SMILES string of the molecule is O=C(Cc1ccccc1)NCc1ccc2c(c1)OCC(=O)N2. The van der Waals surface area contributed by atoms with Crippen LogP contribution in [0.5, 0.6) is 5.75 Å². The topological polar surface area (TPSA) is 67.4 Å². The van der Waals surface area contributed by atoms with Crippen molar-refractivity contribution in [3.05, 3.63) is 59.7 Å². The first-order chi connectivity index (χ1) is 10.7. The Bertz CT molecular complexity index is 698. The molecule has 0 bridgehead atoms. The summed E-state index contributed by atoms with van der Waals surface area (Å²) in [5.74, 6) is 0.448. The van der Waals surface area contributed by atoms with E-state index >= 15 is 0 Å². The summed E-state index contributed by atoms with van der Waals surface area (Å²) in [5.41, 5.74) is 2.57. The Morgan fingerprint density at radius 3 is 2.77 bits per heavy atom. The third-order valence-corrected chi connectivity index (χ3v) is 3.38. The van der Waals surface area contributed by atoms with Crippen molar-refractivity contribution in [2.24, 2.45) is 0 Å². The van der Waals surface area contributed by atoms with Gasteiger partial charge in [-0.3, -0.25) is 9.59 Å². The van der Waals surface area contributed by atoms with Crippen LogP contribution in [-0.2, 0) is 22.6 Å². The van der Waals surface area contributed by atoms with E-state index in [9.17, 15) is 9.59 Å². The van der Waals surface area contributed by atoms with Gasteiger partial charge in [0.25, 0.3) is 5.91 Å². The second-order valence-corrected chi connectivity index (χ2v) is 5.11. The molecule has 2 aromatic carbocycles. The fraction of sp³-hybridized carbons (Fsp3) is 0.176. The predicted octanol–water partition coefficient (Wildman–Crippen LogP) is 1.88. The number of fused-ring (bicyclic) bond motifs is 1. The van der Waals surface area contributed by atoms with Gasteiger partial charge in [-0.15, -0.1) is 0 Å². The van der Waals surface area contributed by atoms with Crippen LogP contribution < -0.4 is 15.4 Å². The molecule has 0 fully saturated rings. The second kappa shape index (κ2) is 6.30. The van der Waals surface area contributed by atoms with Crippen LogP contribution in [0.15, 0.2) is 48.5 Å². The summed E-state index contributed by atoms with van der Waals surface area (Å²) in [6.07, 6.45) is 0.359. The molecule has 0 saturated heterocycles. The van der Waals surface area contributed by atoms with Crippen LogP contribution >= 0.6 is 0 Å². The molecule has 5 heteroatoms. The molecule has 0 aliphatic carbocycles. The molecule has 1 aliphatic heterocycles. The van der Waals surface area contributed by atoms with Gasteiger partial charge in [0.1, 0.15) is 5.75 Å². The maximum absolute atomic E-state index is 11.9. The zero-order chi connectivity index (χ0) is 15.4. The lowest BCUT2D eigenvalue weighted by atomic mass is 10.1. The fourth-order valence-corrected chi connectivity index (χ4v) is 2.27. The number of hydrogen-bond donors (Lipinski definition) is 2. The monoisotopic (exact) mass is 296 g/mol. The van der Waals surface area contributed by atoms with Gasteiger partial charge in [0, 0.05) is 6.54 Å². The second-order valence-electron chi connectivity index (χ2n) is 5.11. The molecule has 0 spiro atoms. The number of hydrogen-bond acceptors (Lipinski definition) is 3. The summed E-state index contributed by atoms with van der Waals surface area (Å²) in [4.78, 5) is 23.1. The molecule has 0 unspecified atom stereocenters. The Morgan fingerprint density at radius 1 is 1.14 bits per heavy atom. The number of rotatable bonds is 4. The van der Waals surface area contributed by atoms with Crippen LogP contribution in [-0.4, -0.2) is 18.4 Å². The van der Waals surface area contributed by atoms with Crippen LogP contribution in [0.25, 0.3) is 0 Å². The number of amides is 2. The molecule has 3 rings (SSSR count). The first-order valence-corrected chi connectivity index (χ1v) is 7.07. The van der Waals surface area contributed by atoms with E-state index in [2.05, 4.69) is 10.6 Å². The average Bonchev–Trinajstić information content (AvgIpc) is 2.54. The minimum atomic E-state index is -0.156. The number of ether oxygens (including phenoxy) is 1. The molecule has 5 nitrogen and oxygen atoms in total. The smallest absolute Gasteiger partial charge is 0.262 e. The summed E-state index contributed by atoms with van der Waals surface area (Å²) in [6, 6.07) is 15.1. The van der Waals surface area contributed by atoms with Crippen molar-refractivity contribution in [1.29, 1.82) is 0 Å². The van der Waals surface area contributed by atoms with E-state index in [4.69, 9.17) is 4.74 Å².